The van der Waals surface area contributed by atoms with Crippen molar-refractivity contribution in [2.24, 2.45) is 11.7 Å². The number of primary amides is 1. The van der Waals surface area contributed by atoms with Crippen LogP contribution >= 0.6 is 0 Å². The van der Waals surface area contributed by atoms with Gasteiger partial charge in [0.2, 0.25) is 0 Å². The van der Waals surface area contributed by atoms with Crippen LogP contribution in [-0.2, 0) is 9.53 Å². The Hall–Kier alpha value is -1.99. The molecule has 98 valence electrons. The summed E-state index contributed by atoms with van der Waals surface area (Å²) >= 11 is 0. The molecule has 8 nitrogen and oxygen atoms in total. The Bertz CT molecular complexity index is 282. The van der Waals surface area contributed by atoms with Crippen LogP contribution in [0.15, 0.2) is 0 Å². The molecule has 1 atom stereocenters. The van der Waals surface area contributed by atoms with Gasteiger partial charge in [0.1, 0.15) is 6.61 Å². The average molecular weight is 247 g/mol. The lowest BCUT2D eigenvalue weighted by molar-refractivity contribution is -0.141. The van der Waals surface area contributed by atoms with Gasteiger partial charge in [0.15, 0.2) is 0 Å². The fourth-order valence-electron chi connectivity index (χ4n) is 0.904. The molecule has 0 aliphatic heterocycles. The van der Waals surface area contributed by atoms with E-state index in [1.807, 2.05) is 0 Å². The summed E-state index contributed by atoms with van der Waals surface area (Å²) in [5.41, 5.74) is 4.71. The topological polar surface area (TPSA) is 131 Å². The maximum atomic E-state index is 11.1. The normalized spacial score (nSPS) is 11.4. The third-order valence-electron chi connectivity index (χ3n) is 1.92. The first-order valence-electron chi connectivity index (χ1n) is 5.10. The van der Waals surface area contributed by atoms with Gasteiger partial charge >= 0.3 is 18.1 Å². The highest BCUT2D eigenvalue weighted by molar-refractivity contribution is 5.74. The number of hydrogen-bond acceptors (Lipinski definition) is 4. The van der Waals surface area contributed by atoms with E-state index < -0.39 is 24.0 Å². The second-order valence-corrected chi connectivity index (χ2v) is 3.38. The maximum absolute atomic E-state index is 11.1. The summed E-state index contributed by atoms with van der Waals surface area (Å²) in [7, 11) is 0. The van der Waals surface area contributed by atoms with Crippen molar-refractivity contribution in [1.82, 2.24) is 10.6 Å². The molecule has 0 aliphatic rings. The molecular weight excluding hydrogens is 230 g/mol. The largest absolute Gasteiger partial charge is 0.481 e. The van der Waals surface area contributed by atoms with E-state index in [0.29, 0.717) is 6.42 Å². The SMILES string of the molecule is CC(CCNC(=O)NCCOC(N)=O)C(=O)O. The number of ether oxygens (including phenoxy) is 1. The minimum Gasteiger partial charge on any atom is -0.481 e. The summed E-state index contributed by atoms with van der Waals surface area (Å²) in [6.45, 7) is 1.95. The molecule has 0 aromatic carbocycles. The molecule has 0 aromatic heterocycles. The highest BCUT2D eigenvalue weighted by atomic mass is 16.5. The highest BCUT2D eigenvalue weighted by Gasteiger charge is 2.10. The molecule has 0 spiro atoms. The van der Waals surface area contributed by atoms with E-state index in [4.69, 9.17) is 10.8 Å². The van der Waals surface area contributed by atoms with Crippen LogP contribution in [0.2, 0.25) is 0 Å². The predicted molar refractivity (Wildman–Crippen MR) is 58.4 cm³/mol. The van der Waals surface area contributed by atoms with Crippen molar-refractivity contribution >= 4 is 18.1 Å². The van der Waals surface area contributed by atoms with Crippen molar-refractivity contribution in [2.45, 2.75) is 13.3 Å². The Balaban J connectivity index is 3.47. The van der Waals surface area contributed by atoms with Crippen molar-refractivity contribution in [3.05, 3.63) is 0 Å². The van der Waals surface area contributed by atoms with Crippen LogP contribution in [0.25, 0.3) is 0 Å². The first kappa shape index (κ1) is 15.0. The number of rotatable bonds is 7. The quantitative estimate of drug-likeness (QED) is 0.450. The molecule has 0 rings (SSSR count). The van der Waals surface area contributed by atoms with Gasteiger partial charge in [-0.15, -0.1) is 0 Å². The van der Waals surface area contributed by atoms with Gasteiger partial charge in [0.05, 0.1) is 12.5 Å². The Morgan fingerprint density at radius 3 is 2.41 bits per heavy atom. The number of carbonyl (C=O) groups excluding carboxylic acids is 2. The molecule has 1 unspecified atom stereocenters. The van der Waals surface area contributed by atoms with E-state index >= 15 is 0 Å². The zero-order valence-electron chi connectivity index (χ0n) is 9.56. The van der Waals surface area contributed by atoms with Crippen molar-refractivity contribution < 1.29 is 24.2 Å². The molecule has 0 heterocycles. The molecule has 8 heteroatoms. The minimum absolute atomic E-state index is 0.00567. The summed E-state index contributed by atoms with van der Waals surface area (Å²) in [4.78, 5) is 31.7. The second kappa shape index (κ2) is 8.20. The summed E-state index contributed by atoms with van der Waals surface area (Å²) in [5.74, 6) is -1.41. The number of nitrogens with two attached hydrogens (primary N) is 1. The number of amides is 3. The van der Waals surface area contributed by atoms with Gasteiger partial charge < -0.3 is 26.2 Å². The number of aliphatic carboxylic acids is 1. The Labute approximate surface area is 98.5 Å². The Kier molecular flexibility index (Phi) is 7.24. The summed E-state index contributed by atoms with van der Waals surface area (Å²) < 4.78 is 4.39. The average Bonchev–Trinajstić information content (AvgIpc) is 2.23. The van der Waals surface area contributed by atoms with Crippen LogP contribution in [0.3, 0.4) is 0 Å². The van der Waals surface area contributed by atoms with E-state index in [9.17, 15) is 14.4 Å². The van der Waals surface area contributed by atoms with E-state index in [2.05, 4.69) is 15.4 Å². The molecule has 17 heavy (non-hydrogen) atoms. The van der Waals surface area contributed by atoms with Gasteiger partial charge in [-0.05, 0) is 6.42 Å². The molecule has 0 bridgehead atoms. The molecule has 0 fully saturated rings. The van der Waals surface area contributed by atoms with Gasteiger partial charge in [-0.3, -0.25) is 4.79 Å². The van der Waals surface area contributed by atoms with Crippen LogP contribution in [0.1, 0.15) is 13.3 Å². The van der Waals surface area contributed by atoms with E-state index in [-0.39, 0.29) is 19.7 Å². The first-order valence-corrected chi connectivity index (χ1v) is 5.10. The molecule has 3 amide bonds. The first-order chi connectivity index (χ1) is 7.93. The summed E-state index contributed by atoms with van der Waals surface area (Å²) in [5, 5.41) is 13.5. The third-order valence-corrected chi connectivity index (χ3v) is 1.92. The molecule has 0 aliphatic carbocycles. The zero-order chi connectivity index (χ0) is 13.3. The summed E-state index contributed by atoms with van der Waals surface area (Å²) in [6, 6.07) is -0.448. The number of carboxylic acid groups (broad SMARTS) is 1. The van der Waals surface area contributed by atoms with Gasteiger partial charge in [-0.25, -0.2) is 9.59 Å². The van der Waals surface area contributed by atoms with Gasteiger partial charge in [0, 0.05) is 6.54 Å². The molecule has 0 radical (unpaired) electrons. The van der Waals surface area contributed by atoms with Crippen LogP contribution in [0.4, 0.5) is 9.59 Å². The second-order valence-electron chi connectivity index (χ2n) is 3.38. The lowest BCUT2D eigenvalue weighted by Gasteiger charge is -2.09. The van der Waals surface area contributed by atoms with E-state index in [1.165, 1.54) is 0 Å². The molecule has 0 saturated carbocycles. The van der Waals surface area contributed by atoms with Crippen molar-refractivity contribution in [3.63, 3.8) is 0 Å². The van der Waals surface area contributed by atoms with E-state index in [1.54, 1.807) is 6.92 Å². The highest BCUT2D eigenvalue weighted by Crippen LogP contribution is 1.99. The van der Waals surface area contributed by atoms with Gasteiger partial charge in [0.25, 0.3) is 0 Å². The van der Waals surface area contributed by atoms with E-state index in [0.717, 1.165) is 0 Å². The fraction of sp³-hybridized carbons (Fsp3) is 0.667. The van der Waals surface area contributed by atoms with Crippen LogP contribution < -0.4 is 16.4 Å². The van der Waals surface area contributed by atoms with Crippen LogP contribution in [0.5, 0.6) is 0 Å². The van der Waals surface area contributed by atoms with Crippen LogP contribution in [-0.4, -0.2) is 42.9 Å². The standard InChI is InChI=1S/C9H17N3O5/c1-6(7(13)14)2-3-11-9(16)12-4-5-17-8(10)15/h6H,2-5H2,1H3,(H2,10,15)(H,13,14)(H2,11,12,16). The number of carboxylic acids is 1. The minimum atomic E-state index is -0.901. The zero-order valence-corrected chi connectivity index (χ0v) is 9.56. The smallest absolute Gasteiger partial charge is 0.404 e. The molecule has 0 saturated heterocycles. The number of carbonyl (C=O) groups is 3. The Morgan fingerprint density at radius 1 is 1.29 bits per heavy atom. The van der Waals surface area contributed by atoms with Crippen molar-refractivity contribution in [1.29, 1.82) is 0 Å². The number of nitrogens with one attached hydrogen (secondary N) is 2. The van der Waals surface area contributed by atoms with Gasteiger partial charge in [-0.1, -0.05) is 6.92 Å². The number of hydrogen-bond donors (Lipinski definition) is 4. The molecule has 5 N–H and O–H groups in total. The molecule has 0 aromatic rings. The maximum Gasteiger partial charge on any atom is 0.404 e. The lowest BCUT2D eigenvalue weighted by Crippen LogP contribution is -2.38. The van der Waals surface area contributed by atoms with Crippen molar-refractivity contribution in [3.8, 4) is 0 Å². The third kappa shape index (κ3) is 8.97. The van der Waals surface area contributed by atoms with Gasteiger partial charge in [-0.2, -0.15) is 0 Å². The lowest BCUT2D eigenvalue weighted by atomic mass is 10.1. The number of urea groups is 1. The van der Waals surface area contributed by atoms with Crippen molar-refractivity contribution in [2.75, 3.05) is 19.7 Å². The van der Waals surface area contributed by atoms with Crippen LogP contribution in [0, 0.1) is 5.92 Å². The fourth-order valence-corrected chi connectivity index (χ4v) is 0.904. The molecular formula is C9H17N3O5. The predicted octanol–water partition coefficient (Wildman–Crippen LogP) is -0.508. The monoisotopic (exact) mass is 247 g/mol. The summed E-state index contributed by atoms with van der Waals surface area (Å²) in [6.07, 6.45) is -0.553. The Morgan fingerprint density at radius 2 is 1.88 bits per heavy atom.